The molecule has 1 amide bonds. The maximum Gasteiger partial charge on any atom is 0.273 e. The van der Waals surface area contributed by atoms with Crippen LogP contribution in [0.3, 0.4) is 0 Å². The second-order valence-corrected chi connectivity index (χ2v) is 14.9. The van der Waals surface area contributed by atoms with Crippen LogP contribution >= 0.6 is 18.5 Å². The third-order valence-corrected chi connectivity index (χ3v) is 9.98. The largest absolute Gasteiger partial charge is 0.495 e. The molecule has 3 N–H and O–H groups in total. The van der Waals surface area contributed by atoms with Crippen LogP contribution in [0.5, 0.6) is 5.75 Å². The van der Waals surface area contributed by atoms with Crippen molar-refractivity contribution in [2.24, 2.45) is 0 Å². The number of ether oxygens (including phenoxy) is 1. The van der Waals surface area contributed by atoms with Crippen molar-refractivity contribution < 1.29 is 31.7 Å². The molecule has 1 aromatic heterocycles. The quantitative estimate of drug-likeness (QED) is 0.158. The van der Waals surface area contributed by atoms with Crippen LogP contribution in [0.1, 0.15) is 33.4 Å². The molecular weight excluding hydrogens is 603 g/mol. The Kier molecular flexibility index (Phi) is 10.3. The molecular formula is C30H35F4N4O3PS. The molecule has 232 valence electrons. The highest BCUT2D eigenvalue weighted by Gasteiger charge is 2.31. The fourth-order valence-corrected chi connectivity index (χ4v) is 7.42. The Morgan fingerprint density at radius 1 is 1.23 bits per heavy atom. The first-order valence-electron chi connectivity index (χ1n) is 13.6. The van der Waals surface area contributed by atoms with Gasteiger partial charge in [0.1, 0.15) is 19.1 Å². The highest BCUT2D eigenvalue weighted by atomic mass is 32.1. The number of hydrogen-bond donors (Lipinski definition) is 3. The number of hydrogen-bond acceptors (Lipinski definition) is 7. The third-order valence-electron chi connectivity index (χ3n) is 7.28. The van der Waals surface area contributed by atoms with E-state index in [1.54, 1.807) is 37.6 Å². The van der Waals surface area contributed by atoms with E-state index in [2.05, 4.69) is 27.8 Å². The van der Waals surface area contributed by atoms with Gasteiger partial charge >= 0.3 is 0 Å². The van der Waals surface area contributed by atoms with Crippen LogP contribution in [0.15, 0.2) is 30.3 Å². The molecule has 7 nitrogen and oxygen atoms in total. The number of halogens is 4. The molecule has 2 aromatic carbocycles. The van der Waals surface area contributed by atoms with E-state index in [9.17, 15) is 26.9 Å². The highest BCUT2D eigenvalue weighted by molar-refractivity contribution is 7.70. The van der Waals surface area contributed by atoms with E-state index in [-0.39, 0.29) is 29.1 Å². The van der Waals surface area contributed by atoms with E-state index in [4.69, 9.17) is 4.74 Å². The van der Waals surface area contributed by atoms with Crippen molar-refractivity contribution in [3.63, 3.8) is 0 Å². The van der Waals surface area contributed by atoms with Crippen molar-refractivity contribution in [1.82, 2.24) is 10.2 Å². The second kappa shape index (κ2) is 13.6. The lowest BCUT2D eigenvalue weighted by molar-refractivity contribution is 0.0504. The summed E-state index contributed by atoms with van der Waals surface area (Å²) in [6.45, 7) is 4.09. The predicted octanol–water partition coefficient (Wildman–Crippen LogP) is 5.71. The van der Waals surface area contributed by atoms with Gasteiger partial charge in [-0.15, -0.1) is 11.3 Å². The minimum atomic E-state index is -3.25. The lowest BCUT2D eigenvalue weighted by Gasteiger charge is -2.33. The number of methoxy groups -OCH3 is 1. The number of likely N-dealkylation sites (tertiary alicyclic amines) is 1. The lowest BCUT2D eigenvalue weighted by atomic mass is 10.0. The summed E-state index contributed by atoms with van der Waals surface area (Å²) in [7, 11) is 1.92. The number of amides is 1. The highest BCUT2D eigenvalue weighted by Crippen LogP contribution is 2.43. The van der Waals surface area contributed by atoms with Gasteiger partial charge < -0.3 is 30.2 Å². The Balaban J connectivity index is 1.66. The number of carbonyl (C=O) groups excluding carboxylic acids is 1. The zero-order valence-electron chi connectivity index (χ0n) is 24.6. The summed E-state index contributed by atoms with van der Waals surface area (Å²) in [4.78, 5) is 14.6. The summed E-state index contributed by atoms with van der Waals surface area (Å²) in [6.07, 6.45) is -6.37. The van der Waals surface area contributed by atoms with Crippen LogP contribution in [0.2, 0.25) is 0 Å². The van der Waals surface area contributed by atoms with Crippen molar-refractivity contribution in [2.45, 2.75) is 31.2 Å². The van der Waals surface area contributed by atoms with Crippen LogP contribution in [0.25, 0.3) is 10.1 Å². The maximum atomic E-state index is 14.9. The molecule has 3 atom stereocenters. The number of carbonyl (C=O) groups is 1. The molecule has 0 aliphatic carbocycles. The van der Waals surface area contributed by atoms with Crippen LogP contribution in [-0.4, -0.2) is 83.6 Å². The van der Waals surface area contributed by atoms with Crippen LogP contribution in [-0.2, 0) is 4.57 Å². The van der Waals surface area contributed by atoms with Crippen molar-refractivity contribution >= 4 is 51.2 Å². The Morgan fingerprint density at radius 2 is 1.98 bits per heavy atom. The number of nitrogens with one attached hydrogen (secondary N) is 3. The second-order valence-electron chi connectivity index (χ2n) is 10.7. The van der Waals surface area contributed by atoms with Crippen LogP contribution < -0.4 is 26.0 Å². The first-order chi connectivity index (χ1) is 20.3. The van der Waals surface area contributed by atoms with E-state index in [0.717, 1.165) is 11.3 Å². The molecule has 1 fully saturated rings. The van der Waals surface area contributed by atoms with E-state index in [1.165, 1.54) is 20.2 Å². The number of fused-ring (bicyclic) bond motifs is 1. The number of benzene rings is 2. The molecule has 2 heterocycles. The van der Waals surface area contributed by atoms with Crippen molar-refractivity contribution in [2.75, 3.05) is 64.8 Å². The average Bonchev–Trinajstić information content (AvgIpc) is 3.33. The molecule has 0 bridgehead atoms. The molecule has 1 aliphatic rings. The van der Waals surface area contributed by atoms with Crippen LogP contribution in [0, 0.1) is 11.8 Å². The zero-order valence-corrected chi connectivity index (χ0v) is 26.3. The smallest absolute Gasteiger partial charge is 0.273 e. The SMILES string of the molecule is CNC(=O)c1cc(NCC#Cc2sc3c(NC4CCN(C)CC4F)cccc3c2C(F)C(F)F)c(OC)cc1P(C)(C)=O. The molecule has 0 spiro atoms. The molecule has 0 saturated carbocycles. The predicted molar refractivity (Wildman–Crippen MR) is 167 cm³/mol. The van der Waals surface area contributed by atoms with Gasteiger partial charge in [0.05, 0.1) is 46.2 Å². The summed E-state index contributed by atoms with van der Waals surface area (Å²) >= 11 is 1.08. The Morgan fingerprint density at radius 3 is 2.60 bits per heavy atom. The van der Waals surface area contributed by atoms with Gasteiger partial charge in [-0.25, -0.2) is 17.6 Å². The van der Waals surface area contributed by atoms with Gasteiger partial charge in [-0.3, -0.25) is 4.79 Å². The van der Waals surface area contributed by atoms with E-state index in [0.29, 0.717) is 45.5 Å². The van der Waals surface area contributed by atoms with Gasteiger partial charge in [-0.1, -0.05) is 24.0 Å². The van der Waals surface area contributed by atoms with Crippen LogP contribution in [0.4, 0.5) is 28.9 Å². The molecule has 0 radical (unpaired) electrons. The first kappa shape index (κ1) is 32.6. The molecule has 13 heteroatoms. The minimum absolute atomic E-state index is 0.00233. The van der Waals surface area contributed by atoms with E-state index in [1.807, 2.05) is 11.9 Å². The number of alkyl halides is 4. The average molecular weight is 639 g/mol. The lowest BCUT2D eigenvalue weighted by Crippen LogP contribution is -2.46. The maximum absolute atomic E-state index is 14.9. The summed E-state index contributed by atoms with van der Waals surface area (Å²) in [5.41, 5.74) is 0.975. The zero-order chi connectivity index (χ0) is 31.5. The molecule has 3 aromatic rings. The normalized spacial score (nSPS) is 18.2. The number of nitrogens with zero attached hydrogens (tertiary/aromatic N) is 1. The molecule has 4 rings (SSSR count). The standard InChI is InChI=1S/C30H35F4N4O3PS/c1-35-30(39)18-14-22(23(41-3)15-24(18)42(4,5)40)36-12-7-10-25-26(27(32)29(33)34)17-8-6-9-21(28(17)43-25)37-20-11-13-38(2)16-19(20)31/h6,8-9,14-15,19-20,27,29,36-37H,11-13,16H2,1-5H3,(H,35,39). The summed E-state index contributed by atoms with van der Waals surface area (Å²) in [5.74, 6) is 5.61. The molecule has 3 unspecified atom stereocenters. The Labute approximate surface area is 252 Å². The van der Waals surface area contributed by atoms with Gasteiger partial charge in [0.15, 0.2) is 6.17 Å². The van der Waals surface area contributed by atoms with Crippen molar-refractivity contribution in [1.29, 1.82) is 0 Å². The molecule has 1 aliphatic heterocycles. The summed E-state index contributed by atoms with van der Waals surface area (Å²) in [6, 6.07) is 7.53. The minimum Gasteiger partial charge on any atom is -0.495 e. The summed E-state index contributed by atoms with van der Waals surface area (Å²) < 4.78 is 75.8. The van der Waals surface area contributed by atoms with E-state index >= 15 is 0 Å². The Hall–Kier alpha value is -3.26. The van der Waals surface area contributed by atoms with Crippen molar-refractivity contribution in [3.8, 4) is 17.6 Å². The molecule has 43 heavy (non-hydrogen) atoms. The van der Waals surface area contributed by atoms with Gasteiger partial charge in [0, 0.05) is 36.4 Å². The number of piperidine rings is 1. The van der Waals surface area contributed by atoms with Gasteiger partial charge in [0.25, 0.3) is 12.3 Å². The topological polar surface area (TPSA) is 82.7 Å². The van der Waals surface area contributed by atoms with Gasteiger partial charge in [0.2, 0.25) is 0 Å². The third kappa shape index (κ3) is 7.28. The molecule has 1 saturated heterocycles. The van der Waals surface area contributed by atoms with E-state index < -0.39 is 37.9 Å². The fourth-order valence-electron chi connectivity index (χ4n) is 5.07. The van der Waals surface area contributed by atoms with Gasteiger partial charge in [-0.05, 0) is 45.0 Å². The van der Waals surface area contributed by atoms with Gasteiger partial charge in [-0.2, -0.15) is 0 Å². The summed E-state index contributed by atoms with van der Waals surface area (Å²) in [5, 5.41) is 9.46. The van der Waals surface area contributed by atoms with Crippen molar-refractivity contribution in [3.05, 3.63) is 46.3 Å². The number of thiophene rings is 1. The first-order valence-corrected chi connectivity index (χ1v) is 17.1. The number of rotatable bonds is 9. The number of anilines is 2. The monoisotopic (exact) mass is 638 g/mol. The fraction of sp³-hybridized carbons (Fsp3) is 0.433. The Bertz CT molecular complexity index is 1600.